The molecule has 0 saturated carbocycles. The van der Waals surface area contributed by atoms with Gasteiger partial charge in [0.15, 0.2) is 11.6 Å². The van der Waals surface area contributed by atoms with E-state index in [1.807, 2.05) is 39.0 Å². The third-order valence-electron chi connectivity index (χ3n) is 3.47. The predicted octanol–water partition coefficient (Wildman–Crippen LogP) is 4.65. The van der Waals surface area contributed by atoms with Crippen LogP contribution in [0.3, 0.4) is 0 Å². The minimum Gasteiger partial charge on any atom is -0.494 e. The van der Waals surface area contributed by atoms with E-state index in [9.17, 15) is 4.79 Å². The molecule has 3 rings (SSSR count). The van der Waals surface area contributed by atoms with Gasteiger partial charge in [0.05, 0.1) is 25.0 Å². The average molecular weight is 404 g/mol. The van der Waals surface area contributed by atoms with Crippen LogP contribution in [0.2, 0.25) is 0 Å². The lowest BCUT2D eigenvalue weighted by Crippen LogP contribution is -2.26. The molecule has 7 heteroatoms. The quantitative estimate of drug-likeness (QED) is 0.622. The Kier molecular flexibility index (Phi) is 4.51. The van der Waals surface area contributed by atoms with Crippen LogP contribution < -0.4 is 4.74 Å². The Morgan fingerprint density at radius 3 is 2.48 bits per heavy atom. The summed E-state index contributed by atoms with van der Waals surface area (Å²) >= 11 is 3.51. The molecule has 0 N–H and O–H groups in total. The minimum atomic E-state index is -0.592. The maximum Gasteiger partial charge on any atom is 0.419 e. The van der Waals surface area contributed by atoms with Crippen molar-refractivity contribution >= 4 is 32.9 Å². The maximum absolute atomic E-state index is 12.6. The number of methoxy groups -OCH3 is 1. The van der Waals surface area contributed by atoms with E-state index in [2.05, 4.69) is 25.9 Å². The summed E-state index contributed by atoms with van der Waals surface area (Å²) in [5.74, 6) is 1.07. The molecule has 3 aromatic rings. The van der Waals surface area contributed by atoms with Gasteiger partial charge in [0, 0.05) is 21.6 Å². The number of halogens is 1. The molecule has 0 spiro atoms. The van der Waals surface area contributed by atoms with E-state index >= 15 is 0 Å². The molecule has 1 aromatic carbocycles. The standard InChI is InChI=1S/C18H18BrN3O3/c1-18(2,3)25-17(23)22-10-14(19)12-6-5-7-13(15(12)22)16-20-8-11(24-4)9-21-16/h5-10H,1-4H3. The Balaban J connectivity index is 2.17. The number of rotatable bonds is 2. The number of aromatic nitrogens is 3. The highest BCUT2D eigenvalue weighted by molar-refractivity contribution is 9.10. The fourth-order valence-electron chi connectivity index (χ4n) is 2.44. The molecular weight excluding hydrogens is 386 g/mol. The van der Waals surface area contributed by atoms with Crippen LogP contribution in [-0.4, -0.2) is 33.3 Å². The van der Waals surface area contributed by atoms with Crippen molar-refractivity contribution in [3.63, 3.8) is 0 Å². The molecule has 0 unspecified atom stereocenters. The van der Waals surface area contributed by atoms with Crippen molar-refractivity contribution in [2.24, 2.45) is 0 Å². The Hall–Kier alpha value is -2.41. The van der Waals surface area contributed by atoms with Crippen molar-refractivity contribution in [2.75, 3.05) is 7.11 Å². The molecule has 0 aliphatic carbocycles. The topological polar surface area (TPSA) is 66.2 Å². The zero-order valence-corrected chi connectivity index (χ0v) is 16.0. The summed E-state index contributed by atoms with van der Waals surface area (Å²) in [6.07, 6.45) is 4.43. The summed E-state index contributed by atoms with van der Waals surface area (Å²) in [7, 11) is 1.56. The van der Waals surface area contributed by atoms with Crippen LogP contribution in [0, 0.1) is 0 Å². The van der Waals surface area contributed by atoms with Gasteiger partial charge in [-0.1, -0.05) is 12.1 Å². The zero-order chi connectivity index (χ0) is 18.2. The molecule has 25 heavy (non-hydrogen) atoms. The maximum atomic E-state index is 12.6. The molecule has 2 heterocycles. The fraction of sp³-hybridized carbons (Fsp3) is 0.278. The molecule has 0 bridgehead atoms. The highest BCUT2D eigenvalue weighted by Crippen LogP contribution is 2.33. The molecule has 0 amide bonds. The lowest BCUT2D eigenvalue weighted by atomic mass is 10.1. The van der Waals surface area contributed by atoms with Crippen molar-refractivity contribution in [3.05, 3.63) is 41.3 Å². The first-order chi connectivity index (χ1) is 11.8. The Labute approximate surface area is 153 Å². The van der Waals surface area contributed by atoms with Crippen LogP contribution in [-0.2, 0) is 4.74 Å². The summed E-state index contributed by atoms with van der Waals surface area (Å²) in [4.78, 5) is 21.3. The number of fused-ring (bicyclic) bond motifs is 1. The number of para-hydroxylation sites is 1. The number of hydrogen-bond donors (Lipinski definition) is 0. The smallest absolute Gasteiger partial charge is 0.419 e. The molecule has 0 atom stereocenters. The molecule has 130 valence electrons. The predicted molar refractivity (Wildman–Crippen MR) is 98.8 cm³/mol. The van der Waals surface area contributed by atoms with E-state index in [-0.39, 0.29) is 0 Å². The monoisotopic (exact) mass is 403 g/mol. The zero-order valence-electron chi connectivity index (χ0n) is 14.4. The molecular formula is C18H18BrN3O3. The first kappa shape index (κ1) is 17.4. The summed E-state index contributed by atoms with van der Waals surface area (Å²) in [5, 5.41) is 0.878. The van der Waals surface area contributed by atoms with Gasteiger partial charge in [-0.05, 0) is 42.8 Å². The normalized spacial score (nSPS) is 11.6. The highest BCUT2D eigenvalue weighted by Gasteiger charge is 2.22. The van der Waals surface area contributed by atoms with Crippen LogP contribution in [0.5, 0.6) is 5.75 Å². The third-order valence-corrected chi connectivity index (χ3v) is 4.10. The molecule has 0 radical (unpaired) electrons. The van der Waals surface area contributed by atoms with Crippen LogP contribution in [0.25, 0.3) is 22.3 Å². The van der Waals surface area contributed by atoms with Gasteiger partial charge in [0.1, 0.15) is 5.60 Å². The van der Waals surface area contributed by atoms with E-state index in [4.69, 9.17) is 9.47 Å². The third kappa shape index (κ3) is 3.51. The number of nitrogens with zero attached hydrogens (tertiary/aromatic N) is 3. The minimum absolute atomic E-state index is 0.454. The first-order valence-corrected chi connectivity index (χ1v) is 8.49. The van der Waals surface area contributed by atoms with E-state index in [0.29, 0.717) is 17.1 Å². The van der Waals surface area contributed by atoms with Crippen molar-refractivity contribution in [3.8, 4) is 17.1 Å². The SMILES string of the molecule is COc1cnc(-c2cccc3c(Br)cn(C(=O)OC(C)(C)C)c23)nc1. The Morgan fingerprint density at radius 2 is 1.88 bits per heavy atom. The summed E-state index contributed by atoms with van der Waals surface area (Å²) in [6.45, 7) is 5.50. The average Bonchev–Trinajstić information content (AvgIpc) is 2.91. The molecule has 0 saturated heterocycles. The van der Waals surface area contributed by atoms with E-state index in [0.717, 1.165) is 15.4 Å². The number of hydrogen-bond acceptors (Lipinski definition) is 5. The number of carbonyl (C=O) groups excluding carboxylic acids is 1. The largest absolute Gasteiger partial charge is 0.494 e. The van der Waals surface area contributed by atoms with Crippen molar-refractivity contribution < 1.29 is 14.3 Å². The second-order valence-corrected chi connectivity index (χ2v) is 7.33. The summed E-state index contributed by atoms with van der Waals surface area (Å²) in [5.41, 5.74) is 0.830. The van der Waals surface area contributed by atoms with Crippen molar-refractivity contribution in [2.45, 2.75) is 26.4 Å². The Bertz CT molecular complexity index is 927. The fourth-order valence-corrected chi connectivity index (χ4v) is 2.96. The first-order valence-electron chi connectivity index (χ1n) is 7.69. The molecule has 0 fully saturated rings. The van der Waals surface area contributed by atoms with Gasteiger partial charge in [0.25, 0.3) is 0 Å². The van der Waals surface area contributed by atoms with Gasteiger partial charge in [-0.25, -0.2) is 14.8 Å². The molecule has 0 aliphatic heterocycles. The van der Waals surface area contributed by atoms with E-state index < -0.39 is 11.7 Å². The lowest BCUT2D eigenvalue weighted by molar-refractivity contribution is 0.0544. The van der Waals surface area contributed by atoms with Gasteiger partial charge >= 0.3 is 6.09 Å². The van der Waals surface area contributed by atoms with Gasteiger partial charge in [-0.2, -0.15) is 0 Å². The second kappa shape index (κ2) is 6.48. The number of carbonyl (C=O) groups is 1. The van der Waals surface area contributed by atoms with Crippen LogP contribution >= 0.6 is 15.9 Å². The second-order valence-electron chi connectivity index (χ2n) is 6.48. The van der Waals surface area contributed by atoms with Gasteiger partial charge in [0.2, 0.25) is 0 Å². The van der Waals surface area contributed by atoms with E-state index in [1.165, 1.54) is 4.57 Å². The Morgan fingerprint density at radius 1 is 1.20 bits per heavy atom. The number of ether oxygens (including phenoxy) is 2. The van der Waals surface area contributed by atoms with Crippen LogP contribution in [0.15, 0.2) is 41.3 Å². The molecule has 2 aromatic heterocycles. The van der Waals surface area contributed by atoms with Crippen molar-refractivity contribution in [1.29, 1.82) is 0 Å². The van der Waals surface area contributed by atoms with Gasteiger partial charge < -0.3 is 9.47 Å². The van der Waals surface area contributed by atoms with E-state index in [1.54, 1.807) is 25.7 Å². The van der Waals surface area contributed by atoms with Gasteiger partial charge in [-0.3, -0.25) is 4.57 Å². The summed E-state index contributed by atoms with van der Waals surface area (Å²) in [6, 6.07) is 5.69. The van der Waals surface area contributed by atoms with Crippen LogP contribution in [0.4, 0.5) is 4.79 Å². The van der Waals surface area contributed by atoms with Crippen LogP contribution in [0.1, 0.15) is 20.8 Å². The summed E-state index contributed by atoms with van der Waals surface area (Å²) < 4.78 is 12.9. The highest BCUT2D eigenvalue weighted by atomic mass is 79.9. The molecule has 0 aliphatic rings. The lowest BCUT2D eigenvalue weighted by Gasteiger charge is -2.20. The van der Waals surface area contributed by atoms with Crippen molar-refractivity contribution in [1.82, 2.24) is 14.5 Å². The molecule has 6 nitrogen and oxygen atoms in total. The number of benzene rings is 1. The van der Waals surface area contributed by atoms with Gasteiger partial charge in [-0.15, -0.1) is 0 Å².